The minimum absolute atomic E-state index is 0.149. The fraction of sp³-hybridized carbons (Fsp3) is 0.500. The van der Waals surface area contributed by atoms with Gasteiger partial charge in [0.05, 0.1) is 13.2 Å². The molecule has 1 unspecified atom stereocenters. The maximum absolute atomic E-state index is 5.86. The Kier molecular flexibility index (Phi) is 5.41. The number of methoxy groups -OCH3 is 1. The van der Waals surface area contributed by atoms with E-state index < -0.39 is 0 Å². The largest absolute Gasteiger partial charge is 0.497 e. The van der Waals surface area contributed by atoms with Crippen LogP contribution in [0.5, 0.6) is 11.5 Å². The van der Waals surface area contributed by atoms with Gasteiger partial charge in [0.15, 0.2) is 0 Å². The maximum atomic E-state index is 5.86. The van der Waals surface area contributed by atoms with Crippen LogP contribution < -0.4 is 15.2 Å². The number of hydrogen-bond donors (Lipinski definition) is 1. The first-order valence-corrected chi connectivity index (χ1v) is 6.48. The molecule has 0 amide bonds. The van der Waals surface area contributed by atoms with Crippen LogP contribution in [0.25, 0.3) is 0 Å². The third-order valence-corrected chi connectivity index (χ3v) is 2.78. The number of thiocarbonyl (C=S) groups is 1. The highest BCUT2D eigenvalue weighted by atomic mass is 32.1. The SMILES string of the molecule is COc1cc(OC(C)CC(C)C)cc(C(N)=S)c1. The van der Waals surface area contributed by atoms with Crippen molar-refractivity contribution < 1.29 is 9.47 Å². The molecule has 18 heavy (non-hydrogen) atoms. The lowest BCUT2D eigenvalue weighted by atomic mass is 10.1. The van der Waals surface area contributed by atoms with E-state index in [4.69, 9.17) is 27.4 Å². The zero-order chi connectivity index (χ0) is 13.7. The Hall–Kier alpha value is -1.29. The van der Waals surface area contributed by atoms with E-state index in [1.54, 1.807) is 7.11 Å². The van der Waals surface area contributed by atoms with Gasteiger partial charge in [-0.2, -0.15) is 0 Å². The van der Waals surface area contributed by atoms with Crippen molar-refractivity contribution in [3.63, 3.8) is 0 Å². The van der Waals surface area contributed by atoms with Gasteiger partial charge in [-0.1, -0.05) is 26.1 Å². The molecule has 1 aromatic rings. The molecule has 1 aromatic carbocycles. The zero-order valence-corrected chi connectivity index (χ0v) is 12.2. The molecule has 0 aliphatic rings. The summed E-state index contributed by atoms with van der Waals surface area (Å²) in [4.78, 5) is 0.343. The second kappa shape index (κ2) is 6.59. The van der Waals surface area contributed by atoms with Crippen LogP contribution in [-0.4, -0.2) is 18.2 Å². The van der Waals surface area contributed by atoms with Crippen LogP contribution in [0, 0.1) is 5.92 Å². The summed E-state index contributed by atoms with van der Waals surface area (Å²) < 4.78 is 11.1. The average molecular weight is 267 g/mol. The van der Waals surface area contributed by atoms with Crippen LogP contribution in [0.1, 0.15) is 32.8 Å². The summed E-state index contributed by atoms with van der Waals surface area (Å²) in [6, 6.07) is 5.50. The van der Waals surface area contributed by atoms with Crippen LogP contribution >= 0.6 is 12.2 Å². The molecule has 0 heterocycles. The molecule has 0 spiro atoms. The molecule has 4 heteroatoms. The van der Waals surface area contributed by atoms with Gasteiger partial charge >= 0.3 is 0 Å². The lowest BCUT2D eigenvalue weighted by Gasteiger charge is -2.17. The van der Waals surface area contributed by atoms with Gasteiger partial charge in [-0.25, -0.2) is 0 Å². The minimum atomic E-state index is 0.149. The van der Waals surface area contributed by atoms with E-state index in [1.807, 2.05) is 18.2 Å². The topological polar surface area (TPSA) is 44.5 Å². The molecule has 0 aliphatic heterocycles. The summed E-state index contributed by atoms with van der Waals surface area (Å²) >= 11 is 4.98. The summed E-state index contributed by atoms with van der Waals surface area (Å²) in [6.45, 7) is 6.40. The maximum Gasteiger partial charge on any atom is 0.124 e. The van der Waals surface area contributed by atoms with Crippen molar-refractivity contribution in [3.05, 3.63) is 23.8 Å². The van der Waals surface area contributed by atoms with Crippen molar-refractivity contribution in [1.29, 1.82) is 0 Å². The van der Waals surface area contributed by atoms with E-state index in [0.29, 0.717) is 16.7 Å². The van der Waals surface area contributed by atoms with Crippen molar-refractivity contribution in [1.82, 2.24) is 0 Å². The van der Waals surface area contributed by atoms with Crippen molar-refractivity contribution in [2.75, 3.05) is 7.11 Å². The van der Waals surface area contributed by atoms with E-state index in [2.05, 4.69) is 20.8 Å². The summed E-state index contributed by atoms with van der Waals surface area (Å²) in [5.41, 5.74) is 6.40. The third kappa shape index (κ3) is 4.53. The highest BCUT2D eigenvalue weighted by Crippen LogP contribution is 2.24. The molecule has 100 valence electrons. The molecule has 1 rings (SSSR count). The Bertz CT molecular complexity index is 418. The van der Waals surface area contributed by atoms with E-state index in [9.17, 15) is 0 Å². The summed E-state index contributed by atoms with van der Waals surface area (Å²) in [6.07, 6.45) is 1.15. The molecular weight excluding hydrogens is 246 g/mol. The Labute approximate surface area is 114 Å². The van der Waals surface area contributed by atoms with E-state index in [-0.39, 0.29) is 6.10 Å². The molecular formula is C14H21NO2S. The smallest absolute Gasteiger partial charge is 0.124 e. The van der Waals surface area contributed by atoms with Gasteiger partial charge in [0.25, 0.3) is 0 Å². The fourth-order valence-corrected chi connectivity index (χ4v) is 1.96. The van der Waals surface area contributed by atoms with Gasteiger partial charge < -0.3 is 15.2 Å². The number of benzene rings is 1. The predicted octanol–water partition coefficient (Wildman–Crippen LogP) is 3.14. The molecule has 0 bridgehead atoms. The zero-order valence-electron chi connectivity index (χ0n) is 11.4. The Morgan fingerprint density at radius 1 is 1.22 bits per heavy atom. The van der Waals surface area contributed by atoms with Crippen LogP contribution in [0.3, 0.4) is 0 Å². The number of nitrogens with two attached hydrogens (primary N) is 1. The average Bonchev–Trinajstić information content (AvgIpc) is 2.27. The summed E-state index contributed by atoms with van der Waals surface area (Å²) in [5.74, 6) is 2.04. The quantitative estimate of drug-likeness (QED) is 0.804. The highest BCUT2D eigenvalue weighted by Gasteiger charge is 2.09. The summed E-state index contributed by atoms with van der Waals surface area (Å²) in [5, 5.41) is 0. The molecule has 0 radical (unpaired) electrons. The van der Waals surface area contributed by atoms with E-state index in [1.165, 1.54) is 0 Å². The lowest BCUT2D eigenvalue weighted by molar-refractivity contribution is 0.192. The van der Waals surface area contributed by atoms with Gasteiger partial charge in [-0.15, -0.1) is 0 Å². The first kappa shape index (κ1) is 14.8. The first-order chi connectivity index (χ1) is 8.42. The van der Waals surface area contributed by atoms with Crippen LogP contribution in [-0.2, 0) is 0 Å². The van der Waals surface area contributed by atoms with Crippen LogP contribution in [0.15, 0.2) is 18.2 Å². The Balaban J connectivity index is 2.87. The minimum Gasteiger partial charge on any atom is -0.497 e. The monoisotopic (exact) mass is 267 g/mol. The molecule has 0 saturated carbocycles. The van der Waals surface area contributed by atoms with Crippen molar-refractivity contribution >= 4 is 17.2 Å². The number of hydrogen-bond acceptors (Lipinski definition) is 3. The molecule has 2 N–H and O–H groups in total. The van der Waals surface area contributed by atoms with E-state index in [0.717, 1.165) is 17.7 Å². The standard InChI is InChI=1S/C14H21NO2S/c1-9(2)5-10(3)17-13-7-11(14(15)18)6-12(8-13)16-4/h6-10H,5H2,1-4H3,(H2,15,18). The van der Waals surface area contributed by atoms with Gasteiger partial charge in [-0.05, 0) is 31.4 Å². The van der Waals surface area contributed by atoms with Crippen LogP contribution in [0.4, 0.5) is 0 Å². The van der Waals surface area contributed by atoms with Crippen molar-refractivity contribution in [2.24, 2.45) is 11.7 Å². The fourth-order valence-electron chi connectivity index (χ4n) is 1.84. The first-order valence-electron chi connectivity index (χ1n) is 6.08. The van der Waals surface area contributed by atoms with Crippen molar-refractivity contribution in [2.45, 2.75) is 33.3 Å². The normalized spacial score (nSPS) is 12.3. The van der Waals surface area contributed by atoms with Crippen LogP contribution in [0.2, 0.25) is 0 Å². The lowest BCUT2D eigenvalue weighted by Crippen LogP contribution is -2.15. The molecule has 0 saturated heterocycles. The van der Waals surface area contributed by atoms with E-state index >= 15 is 0 Å². The molecule has 0 aliphatic carbocycles. The van der Waals surface area contributed by atoms with Gasteiger partial charge in [0, 0.05) is 11.6 Å². The molecule has 1 atom stereocenters. The van der Waals surface area contributed by atoms with Crippen molar-refractivity contribution in [3.8, 4) is 11.5 Å². The van der Waals surface area contributed by atoms with Gasteiger partial charge in [0.2, 0.25) is 0 Å². The molecule has 0 fully saturated rings. The third-order valence-electron chi connectivity index (χ3n) is 2.54. The second-order valence-electron chi connectivity index (χ2n) is 4.82. The number of rotatable bonds is 6. The van der Waals surface area contributed by atoms with Gasteiger partial charge in [-0.3, -0.25) is 0 Å². The molecule has 0 aromatic heterocycles. The predicted molar refractivity (Wildman–Crippen MR) is 78.4 cm³/mol. The number of ether oxygens (including phenoxy) is 2. The Morgan fingerprint density at radius 2 is 1.83 bits per heavy atom. The Morgan fingerprint density at radius 3 is 2.33 bits per heavy atom. The summed E-state index contributed by atoms with van der Waals surface area (Å²) in [7, 11) is 1.61. The van der Waals surface area contributed by atoms with Gasteiger partial charge in [0.1, 0.15) is 16.5 Å². The second-order valence-corrected chi connectivity index (χ2v) is 5.26. The molecule has 3 nitrogen and oxygen atoms in total. The highest BCUT2D eigenvalue weighted by molar-refractivity contribution is 7.80.